The summed E-state index contributed by atoms with van der Waals surface area (Å²) in [7, 11) is 1.85. The van der Waals surface area contributed by atoms with Gasteiger partial charge in [-0.3, -0.25) is 9.59 Å². The minimum absolute atomic E-state index is 0.0133. The van der Waals surface area contributed by atoms with E-state index in [0.717, 1.165) is 24.2 Å². The van der Waals surface area contributed by atoms with E-state index < -0.39 is 5.41 Å². The Bertz CT molecular complexity index is 1200. The van der Waals surface area contributed by atoms with Crippen LogP contribution in [-0.2, 0) is 16.8 Å². The summed E-state index contributed by atoms with van der Waals surface area (Å²) < 4.78 is 6.23. The van der Waals surface area contributed by atoms with Gasteiger partial charge in [0.15, 0.2) is 0 Å². The molecule has 3 aromatic carbocycles. The zero-order valence-corrected chi connectivity index (χ0v) is 23.2. The Morgan fingerprint density at radius 2 is 1.55 bits per heavy atom. The van der Waals surface area contributed by atoms with Crippen molar-refractivity contribution >= 4 is 11.8 Å². The largest absolute Gasteiger partial charge is 0.493 e. The van der Waals surface area contributed by atoms with Crippen LogP contribution in [0.2, 0.25) is 0 Å². The molecular weight excluding hydrogens is 472 g/mol. The Morgan fingerprint density at radius 1 is 0.921 bits per heavy atom. The van der Waals surface area contributed by atoms with Crippen molar-refractivity contribution < 1.29 is 14.3 Å². The first-order valence-electron chi connectivity index (χ1n) is 13.5. The fraction of sp³-hybridized carbons (Fsp3) is 0.394. The lowest BCUT2D eigenvalue weighted by Gasteiger charge is -2.43. The second-order valence-electron chi connectivity index (χ2n) is 11.7. The van der Waals surface area contributed by atoms with Crippen LogP contribution in [0.4, 0.5) is 0 Å². The van der Waals surface area contributed by atoms with E-state index in [-0.39, 0.29) is 17.2 Å². The third-order valence-electron chi connectivity index (χ3n) is 7.45. The molecule has 0 unspecified atom stereocenters. The van der Waals surface area contributed by atoms with Crippen LogP contribution in [0, 0.1) is 5.41 Å². The number of nitrogens with zero attached hydrogens (tertiary/aromatic N) is 2. The third-order valence-corrected chi connectivity index (χ3v) is 7.45. The SMILES string of the molecule is CN(Cc1ccccc1)C(=O)C[C@]1(COc2ccccc2)CCCN(C(=O)c2ccc(C(C)(C)C)cc2)C1. The van der Waals surface area contributed by atoms with Crippen molar-refractivity contribution in [1.82, 2.24) is 9.80 Å². The highest BCUT2D eigenvalue weighted by Gasteiger charge is 2.40. The van der Waals surface area contributed by atoms with Crippen molar-refractivity contribution in [3.05, 3.63) is 102 Å². The number of para-hydroxylation sites is 1. The van der Waals surface area contributed by atoms with Gasteiger partial charge in [-0.1, -0.05) is 81.4 Å². The van der Waals surface area contributed by atoms with E-state index in [1.807, 2.05) is 96.9 Å². The van der Waals surface area contributed by atoms with Gasteiger partial charge in [0, 0.05) is 44.1 Å². The van der Waals surface area contributed by atoms with Crippen molar-refractivity contribution in [2.75, 3.05) is 26.7 Å². The standard InChI is InChI=1S/C33H40N2O3/c1-32(2,3)28-18-16-27(17-19-28)31(37)35-21-11-20-33(24-35,25-38-29-14-9-6-10-15-29)22-30(36)34(4)23-26-12-7-5-8-13-26/h5-10,12-19H,11,20-25H2,1-4H3/t33-/m1/s1. The zero-order chi connectivity index (χ0) is 27.2. The third kappa shape index (κ3) is 7.03. The highest BCUT2D eigenvalue weighted by atomic mass is 16.5. The summed E-state index contributed by atoms with van der Waals surface area (Å²) in [6.07, 6.45) is 1.99. The normalized spacial score (nSPS) is 17.6. The van der Waals surface area contributed by atoms with Gasteiger partial charge in [0.25, 0.3) is 5.91 Å². The molecule has 1 saturated heterocycles. The van der Waals surface area contributed by atoms with E-state index in [0.29, 0.717) is 38.2 Å². The highest BCUT2D eigenvalue weighted by molar-refractivity contribution is 5.94. The number of carbonyl (C=O) groups excluding carboxylic acids is 2. The summed E-state index contributed by atoms with van der Waals surface area (Å²) in [5, 5.41) is 0. The first kappa shape index (κ1) is 27.4. The zero-order valence-electron chi connectivity index (χ0n) is 23.2. The number of benzene rings is 3. The lowest BCUT2D eigenvalue weighted by atomic mass is 9.77. The Hall–Kier alpha value is -3.60. The molecule has 4 rings (SSSR count). The number of hydrogen-bond donors (Lipinski definition) is 0. The van der Waals surface area contributed by atoms with E-state index in [9.17, 15) is 9.59 Å². The fourth-order valence-electron chi connectivity index (χ4n) is 5.14. The van der Waals surface area contributed by atoms with Crippen LogP contribution in [0.15, 0.2) is 84.9 Å². The molecule has 3 aromatic rings. The molecular formula is C33H40N2O3. The fourth-order valence-corrected chi connectivity index (χ4v) is 5.14. The van der Waals surface area contributed by atoms with Crippen LogP contribution in [0.25, 0.3) is 0 Å². The van der Waals surface area contributed by atoms with E-state index in [1.54, 1.807) is 4.90 Å². The number of ether oxygens (including phenoxy) is 1. The van der Waals surface area contributed by atoms with Gasteiger partial charge < -0.3 is 14.5 Å². The average Bonchev–Trinajstić information content (AvgIpc) is 2.92. The summed E-state index contributed by atoms with van der Waals surface area (Å²) in [5.74, 6) is 0.854. The van der Waals surface area contributed by atoms with E-state index in [4.69, 9.17) is 4.74 Å². The second-order valence-corrected chi connectivity index (χ2v) is 11.7. The topological polar surface area (TPSA) is 49.9 Å². The molecule has 1 fully saturated rings. The summed E-state index contributed by atoms with van der Waals surface area (Å²) in [6, 6.07) is 27.7. The van der Waals surface area contributed by atoms with Crippen LogP contribution >= 0.6 is 0 Å². The van der Waals surface area contributed by atoms with Gasteiger partial charge in [-0.25, -0.2) is 0 Å². The number of piperidine rings is 1. The van der Waals surface area contributed by atoms with E-state index in [1.165, 1.54) is 5.56 Å². The summed E-state index contributed by atoms with van der Waals surface area (Å²) in [5.41, 5.74) is 2.55. The number of hydrogen-bond acceptors (Lipinski definition) is 3. The molecule has 1 heterocycles. The van der Waals surface area contributed by atoms with Crippen LogP contribution < -0.4 is 4.74 Å². The van der Waals surface area contributed by atoms with Crippen molar-refractivity contribution in [2.45, 2.75) is 52.0 Å². The highest BCUT2D eigenvalue weighted by Crippen LogP contribution is 2.36. The lowest BCUT2D eigenvalue weighted by Crippen LogP contribution is -2.50. The molecule has 0 saturated carbocycles. The Labute approximate surface area is 227 Å². The molecule has 1 aliphatic heterocycles. The predicted molar refractivity (Wildman–Crippen MR) is 152 cm³/mol. The van der Waals surface area contributed by atoms with Crippen molar-refractivity contribution in [2.24, 2.45) is 5.41 Å². The van der Waals surface area contributed by atoms with Gasteiger partial charge in [0.1, 0.15) is 5.75 Å². The molecule has 1 aliphatic rings. The predicted octanol–water partition coefficient (Wildman–Crippen LogP) is 6.33. The van der Waals surface area contributed by atoms with Gasteiger partial charge >= 0.3 is 0 Å². The average molecular weight is 513 g/mol. The molecule has 0 radical (unpaired) electrons. The monoisotopic (exact) mass is 512 g/mol. The van der Waals surface area contributed by atoms with Crippen molar-refractivity contribution in [3.8, 4) is 5.75 Å². The molecule has 0 aliphatic carbocycles. The van der Waals surface area contributed by atoms with Gasteiger partial charge in [-0.2, -0.15) is 0 Å². The number of carbonyl (C=O) groups is 2. The molecule has 5 nitrogen and oxygen atoms in total. The summed E-state index contributed by atoms with van der Waals surface area (Å²) in [4.78, 5) is 30.7. The molecule has 200 valence electrons. The maximum Gasteiger partial charge on any atom is 0.253 e. The van der Waals surface area contributed by atoms with Gasteiger partial charge in [0.05, 0.1) is 6.61 Å². The summed E-state index contributed by atoms with van der Waals surface area (Å²) in [6.45, 7) is 8.61. The quantitative estimate of drug-likeness (QED) is 0.354. The lowest BCUT2D eigenvalue weighted by molar-refractivity contribution is -0.134. The summed E-state index contributed by atoms with van der Waals surface area (Å²) >= 11 is 0. The Balaban J connectivity index is 1.52. The number of likely N-dealkylation sites (tertiary alicyclic amines) is 1. The van der Waals surface area contributed by atoms with E-state index >= 15 is 0 Å². The number of rotatable bonds is 8. The molecule has 0 N–H and O–H groups in total. The Morgan fingerprint density at radius 3 is 2.18 bits per heavy atom. The van der Waals surface area contributed by atoms with Crippen molar-refractivity contribution in [1.29, 1.82) is 0 Å². The van der Waals surface area contributed by atoms with Crippen LogP contribution in [0.5, 0.6) is 5.75 Å². The Kier molecular flexibility index (Phi) is 8.55. The molecule has 1 atom stereocenters. The van der Waals surface area contributed by atoms with Gasteiger partial charge in [-0.05, 0) is 53.6 Å². The molecule has 38 heavy (non-hydrogen) atoms. The van der Waals surface area contributed by atoms with Crippen LogP contribution in [0.1, 0.15) is 61.5 Å². The number of amides is 2. The van der Waals surface area contributed by atoms with Crippen LogP contribution in [-0.4, -0.2) is 48.4 Å². The first-order chi connectivity index (χ1) is 18.2. The minimum Gasteiger partial charge on any atom is -0.493 e. The maximum absolute atomic E-state index is 13.6. The molecule has 2 amide bonds. The van der Waals surface area contributed by atoms with Gasteiger partial charge in [0.2, 0.25) is 5.91 Å². The smallest absolute Gasteiger partial charge is 0.253 e. The van der Waals surface area contributed by atoms with Crippen molar-refractivity contribution in [3.63, 3.8) is 0 Å². The van der Waals surface area contributed by atoms with Crippen LogP contribution in [0.3, 0.4) is 0 Å². The van der Waals surface area contributed by atoms with Gasteiger partial charge in [-0.15, -0.1) is 0 Å². The molecule has 0 bridgehead atoms. The minimum atomic E-state index is -0.461. The first-order valence-corrected chi connectivity index (χ1v) is 13.5. The van der Waals surface area contributed by atoms with E-state index in [2.05, 4.69) is 20.8 Å². The molecule has 5 heteroatoms. The second kappa shape index (κ2) is 11.8. The maximum atomic E-state index is 13.6. The molecule has 0 aromatic heterocycles. The molecule has 0 spiro atoms.